The summed E-state index contributed by atoms with van der Waals surface area (Å²) in [5.74, 6) is -0.824. The van der Waals surface area contributed by atoms with E-state index in [1.807, 2.05) is 25.1 Å². The zero-order valence-corrected chi connectivity index (χ0v) is 20.9. The lowest BCUT2D eigenvalue weighted by atomic mass is 10.1. The molecule has 10 nitrogen and oxygen atoms in total. The summed E-state index contributed by atoms with van der Waals surface area (Å²) in [6, 6.07) is 17.5. The number of nitrogens with zero attached hydrogens (tertiary/aromatic N) is 1. The molecule has 0 aromatic heterocycles. The number of amides is 5. The summed E-state index contributed by atoms with van der Waals surface area (Å²) in [7, 11) is 2.92. The SMILES string of the molecule is COc1ccc(N2C(=O)NC(=O)/C(=C/c3ccc(OCC(=O)Nc4cccc(C)c4)c(OC)c3)C2=O)cc1. The molecule has 0 saturated carbocycles. The molecule has 1 aliphatic rings. The first-order valence-corrected chi connectivity index (χ1v) is 11.5. The second-order valence-electron chi connectivity index (χ2n) is 8.27. The van der Waals surface area contributed by atoms with E-state index in [9.17, 15) is 19.2 Å². The van der Waals surface area contributed by atoms with Crippen LogP contribution < -0.4 is 29.7 Å². The van der Waals surface area contributed by atoms with Crippen molar-refractivity contribution >= 4 is 41.2 Å². The third-order valence-electron chi connectivity index (χ3n) is 5.59. The van der Waals surface area contributed by atoms with Crippen LogP contribution in [0.5, 0.6) is 17.2 Å². The van der Waals surface area contributed by atoms with Gasteiger partial charge in [-0.3, -0.25) is 19.7 Å². The Balaban J connectivity index is 1.50. The minimum atomic E-state index is -0.854. The van der Waals surface area contributed by atoms with Gasteiger partial charge in [-0.1, -0.05) is 18.2 Å². The van der Waals surface area contributed by atoms with Gasteiger partial charge in [-0.15, -0.1) is 0 Å². The highest BCUT2D eigenvalue weighted by molar-refractivity contribution is 6.39. The largest absolute Gasteiger partial charge is 0.497 e. The second-order valence-corrected chi connectivity index (χ2v) is 8.27. The van der Waals surface area contributed by atoms with E-state index in [0.29, 0.717) is 22.7 Å². The average Bonchev–Trinajstić information content (AvgIpc) is 2.90. The van der Waals surface area contributed by atoms with E-state index >= 15 is 0 Å². The standard InChI is InChI=1S/C28H25N3O7/c1-17-5-4-6-19(13-17)29-25(32)16-38-23-12-7-18(15-24(23)37-3)14-22-26(33)30-28(35)31(27(22)34)20-8-10-21(36-2)11-9-20/h4-15H,16H2,1-3H3,(H,29,32)(H,30,33,35)/b22-14-. The maximum absolute atomic E-state index is 13.1. The summed E-state index contributed by atoms with van der Waals surface area (Å²) in [6.45, 7) is 1.66. The molecule has 0 atom stereocenters. The Bertz CT molecular complexity index is 1430. The molecule has 0 bridgehead atoms. The molecule has 3 aromatic rings. The molecule has 1 saturated heterocycles. The summed E-state index contributed by atoms with van der Waals surface area (Å²) in [5.41, 5.74) is 2.15. The first kappa shape index (κ1) is 26.0. The molecule has 3 aromatic carbocycles. The fourth-order valence-electron chi connectivity index (χ4n) is 3.75. The number of hydrogen-bond donors (Lipinski definition) is 2. The van der Waals surface area contributed by atoms with Crippen molar-refractivity contribution in [1.29, 1.82) is 0 Å². The van der Waals surface area contributed by atoms with E-state index in [1.165, 1.54) is 32.4 Å². The molecular formula is C28H25N3O7. The van der Waals surface area contributed by atoms with Crippen molar-refractivity contribution in [1.82, 2.24) is 5.32 Å². The van der Waals surface area contributed by atoms with Crippen LogP contribution in [0.4, 0.5) is 16.2 Å². The number of anilines is 2. The van der Waals surface area contributed by atoms with E-state index in [2.05, 4.69) is 10.6 Å². The van der Waals surface area contributed by atoms with Gasteiger partial charge in [0.25, 0.3) is 17.7 Å². The van der Waals surface area contributed by atoms with Gasteiger partial charge in [0.1, 0.15) is 11.3 Å². The quantitative estimate of drug-likeness (QED) is 0.346. The molecule has 194 valence electrons. The fraction of sp³-hybridized carbons (Fsp3) is 0.143. The van der Waals surface area contributed by atoms with Gasteiger partial charge in [-0.2, -0.15) is 0 Å². The molecule has 1 aliphatic heterocycles. The Hall–Kier alpha value is -5.12. The third-order valence-corrected chi connectivity index (χ3v) is 5.59. The zero-order chi connectivity index (χ0) is 27.2. The molecular weight excluding hydrogens is 490 g/mol. The smallest absolute Gasteiger partial charge is 0.335 e. The average molecular weight is 516 g/mol. The van der Waals surface area contributed by atoms with Crippen LogP contribution in [0.3, 0.4) is 0 Å². The minimum absolute atomic E-state index is 0.242. The lowest BCUT2D eigenvalue weighted by Gasteiger charge is -2.26. The second kappa shape index (κ2) is 11.3. The van der Waals surface area contributed by atoms with Gasteiger partial charge in [0.2, 0.25) is 0 Å². The molecule has 0 spiro atoms. The normalized spacial score (nSPS) is 14.2. The van der Waals surface area contributed by atoms with Gasteiger partial charge in [-0.05, 0) is 72.7 Å². The molecule has 1 heterocycles. The maximum Gasteiger partial charge on any atom is 0.335 e. The van der Waals surface area contributed by atoms with Crippen molar-refractivity contribution < 1.29 is 33.4 Å². The van der Waals surface area contributed by atoms with E-state index in [0.717, 1.165) is 10.5 Å². The maximum atomic E-state index is 13.1. The molecule has 4 rings (SSSR count). The van der Waals surface area contributed by atoms with Crippen molar-refractivity contribution in [2.45, 2.75) is 6.92 Å². The van der Waals surface area contributed by atoms with E-state index < -0.39 is 17.8 Å². The summed E-state index contributed by atoms with van der Waals surface area (Å²) in [4.78, 5) is 51.2. The van der Waals surface area contributed by atoms with Gasteiger partial charge in [0, 0.05) is 5.69 Å². The number of hydrogen-bond acceptors (Lipinski definition) is 7. The molecule has 1 fully saturated rings. The number of rotatable bonds is 8. The highest BCUT2D eigenvalue weighted by Gasteiger charge is 2.36. The number of imide groups is 2. The zero-order valence-electron chi connectivity index (χ0n) is 20.9. The summed E-state index contributed by atoms with van der Waals surface area (Å²) < 4.78 is 16.1. The van der Waals surface area contributed by atoms with Crippen molar-refractivity contribution in [3.8, 4) is 17.2 Å². The highest BCUT2D eigenvalue weighted by atomic mass is 16.5. The van der Waals surface area contributed by atoms with Gasteiger partial charge >= 0.3 is 6.03 Å². The lowest BCUT2D eigenvalue weighted by molar-refractivity contribution is -0.122. The Morgan fingerprint density at radius 3 is 2.39 bits per heavy atom. The van der Waals surface area contributed by atoms with Gasteiger partial charge < -0.3 is 19.5 Å². The van der Waals surface area contributed by atoms with Crippen molar-refractivity contribution in [3.63, 3.8) is 0 Å². The predicted molar refractivity (Wildman–Crippen MR) is 140 cm³/mol. The molecule has 0 radical (unpaired) electrons. The number of urea groups is 1. The highest BCUT2D eigenvalue weighted by Crippen LogP contribution is 2.30. The number of aryl methyl sites for hydroxylation is 1. The molecule has 5 amide bonds. The fourth-order valence-corrected chi connectivity index (χ4v) is 3.75. The lowest BCUT2D eigenvalue weighted by Crippen LogP contribution is -2.54. The van der Waals surface area contributed by atoms with Crippen LogP contribution in [0.15, 0.2) is 72.3 Å². The van der Waals surface area contributed by atoms with E-state index in [1.54, 1.807) is 36.4 Å². The van der Waals surface area contributed by atoms with Crippen molar-refractivity contribution in [2.75, 3.05) is 31.0 Å². The third kappa shape index (κ3) is 5.81. The van der Waals surface area contributed by atoms with Crippen molar-refractivity contribution in [3.05, 3.63) is 83.4 Å². The number of nitrogens with one attached hydrogen (secondary N) is 2. The number of carbonyl (C=O) groups is 4. The molecule has 38 heavy (non-hydrogen) atoms. The van der Waals surface area contributed by atoms with Crippen LogP contribution in [0.1, 0.15) is 11.1 Å². The van der Waals surface area contributed by atoms with Crippen LogP contribution in [-0.4, -0.2) is 44.6 Å². The number of barbiturate groups is 1. The molecule has 10 heteroatoms. The summed E-state index contributed by atoms with van der Waals surface area (Å²) in [5, 5.41) is 4.94. The molecule has 0 unspecified atom stereocenters. The van der Waals surface area contributed by atoms with Crippen LogP contribution >= 0.6 is 0 Å². The Morgan fingerprint density at radius 1 is 0.947 bits per heavy atom. The number of benzene rings is 3. The van der Waals surface area contributed by atoms with Crippen LogP contribution in [0.2, 0.25) is 0 Å². The Kier molecular flexibility index (Phi) is 7.72. The van der Waals surface area contributed by atoms with Crippen LogP contribution in [0, 0.1) is 6.92 Å². The van der Waals surface area contributed by atoms with Crippen LogP contribution in [0.25, 0.3) is 6.08 Å². The number of ether oxygens (including phenoxy) is 3. The van der Waals surface area contributed by atoms with Crippen molar-refractivity contribution in [2.24, 2.45) is 0 Å². The summed E-state index contributed by atoms with van der Waals surface area (Å²) >= 11 is 0. The first-order valence-electron chi connectivity index (χ1n) is 11.5. The van der Waals surface area contributed by atoms with E-state index in [-0.39, 0.29) is 29.5 Å². The van der Waals surface area contributed by atoms with E-state index in [4.69, 9.17) is 14.2 Å². The monoisotopic (exact) mass is 515 g/mol. The first-order chi connectivity index (χ1) is 18.3. The minimum Gasteiger partial charge on any atom is -0.497 e. The topological polar surface area (TPSA) is 123 Å². The predicted octanol–water partition coefficient (Wildman–Crippen LogP) is 3.70. The summed E-state index contributed by atoms with van der Waals surface area (Å²) in [6.07, 6.45) is 1.34. The van der Waals surface area contributed by atoms with Gasteiger partial charge in [0.05, 0.1) is 19.9 Å². The number of methoxy groups -OCH3 is 2. The number of carbonyl (C=O) groups excluding carboxylic acids is 4. The van der Waals surface area contributed by atoms with Gasteiger partial charge in [-0.25, -0.2) is 9.69 Å². The Labute approximate surface area is 218 Å². The van der Waals surface area contributed by atoms with Crippen LogP contribution in [-0.2, 0) is 14.4 Å². The van der Waals surface area contributed by atoms with Gasteiger partial charge in [0.15, 0.2) is 18.1 Å². The Morgan fingerprint density at radius 2 is 1.71 bits per heavy atom. The molecule has 0 aliphatic carbocycles. The molecule has 2 N–H and O–H groups in total.